The summed E-state index contributed by atoms with van der Waals surface area (Å²) in [5.74, 6) is 0.766. The predicted octanol–water partition coefficient (Wildman–Crippen LogP) is 4.16. The molecule has 21 heavy (non-hydrogen) atoms. The fourth-order valence-corrected chi connectivity index (χ4v) is 4.03. The Morgan fingerprint density at radius 3 is 2.71 bits per heavy atom. The zero-order valence-electron chi connectivity index (χ0n) is 12.9. The van der Waals surface area contributed by atoms with Crippen molar-refractivity contribution in [3.05, 3.63) is 34.3 Å². The van der Waals surface area contributed by atoms with Crippen LogP contribution in [-0.2, 0) is 0 Å². The fourth-order valence-electron chi connectivity index (χ4n) is 3.61. The number of rotatable bonds is 6. The Bertz CT molecular complexity index is 437. The number of nitrogens with zero attached hydrogens (tertiary/aromatic N) is 1. The highest BCUT2D eigenvalue weighted by Gasteiger charge is 2.29. The maximum atomic E-state index is 3.73. The number of nitrogens with one attached hydrogen (secondary N) is 1. The van der Waals surface area contributed by atoms with Crippen molar-refractivity contribution >= 4 is 15.9 Å². The Hall–Kier alpha value is -0.380. The molecule has 3 rings (SSSR count). The highest BCUT2D eigenvalue weighted by molar-refractivity contribution is 9.10. The summed E-state index contributed by atoms with van der Waals surface area (Å²) < 4.78 is 1.21. The van der Waals surface area contributed by atoms with Crippen LogP contribution in [0.4, 0.5) is 0 Å². The number of hydrogen-bond donors (Lipinski definition) is 1. The van der Waals surface area contributed by atoms with Gasteiger partial charge in [-0.3, -0.25) is 0 Å². The van der Waals surface area contributed by atoms with Crippen LogP contribution >= 0.6 is 15.9 Å². The van der Waals surface area contributed by atoms with E-state index in [0.717, 1.165) is 12.0 Å². The van der Waals surface area contributed by atoms with Crippen LogP contribution in [0, 0.1) is 0 Å². The monoisotopic (exact) mass is 350 g/mol. The van der Waals surface area contributed by atoms with Gasteiger partial charge in [0.05, 0.1) is 0 Å². The van der Waals surface area contributed by atoms with Gasteiger partial charge in [-0.2, -0.15) is 0 Å². The first kappa shape index (κ1) is 15.5. The lowest BCUT2D eigenvalue weighted by Gasteiger charge is -2.37. The summed E-state index contributed by atoms with van der Waals surface area (Å²) in [7, 11) is 0. The predicted molar refractivity (Wildman–Crippen MR) is 92.8 cm³/mol. The molecule has 3 heteroatoms. The van der Waals surface area contributed by atoms with Crippen molar-refractivity contribution in [3.63, 3.8) is 0 Å². The third kappa shape index (κ3) is 4.54. The molecule has 0 radical (unpaired) electrons. The first-order valence-corrected chi connectivity index (χ1v) is 9.32. The normalized spacial score (nSPS) is 26.5. The van der Waals surface area contributed by atoms with Crippen molar-refractivity contribution < 1.29 is 0 Å². The molecular formula is C18H27BrN2. The third-order valence-electron chi connectivity index (χ3n) is 4.99. The molecule has 0 atom stereocenters. The molecule has 0 spiro atoms. The van der Waals surface area contributed by atoms with Gasteiger partial charge in [-0.1, -0.05) is 34.5 Å². The van der Waals surface area contributed by atoms with Crippen molar-refractivity contribution in [3.8, 4) is 0 Å². The second-order valence-corrected chi connectivity index (χ2v) is 7.55. The summed E-state index contributed by atoms with van der Waals surface area (Å²) in [6, 6.07) is 9.55. The second-order valence-electron chi connectivity index (χ2n) is 6.63. The Labute approximate surface area is 137 Å². The van der Waals surface area contributed by atoms with E-state index in [-0.39, 0.29) is 0 Å². The lowest BCUT2D eigenvalue weighted by atomic mass is 9.76. The van der Waals surface area contributed by atoms with E-state index in [4.69, 9.17) is 0 Å². The maximum absolute atomic E-state index is 3.73. The molecule has 1 N–H and O–H groups in total. The van der Waals surface area contributed by atoms with Gasteiger partial charge in [0.15, 0.2) is 0 Å². The average molecular weight is 351 g/mol. The highest BCUT2D eigenvalue weighted by Crippen LogP contribution is 2.37. The summed E-state index contributed by atoms with van der Waals surface area (Å²) in [6.45, 7) is 5.13. The first-order chi connectivity index (χ1) is 10.3. The highest BCUT2D eigenvalue weighted by atomic mass is 79.9. The van der Waals surface area contributed by atoms with Gasteiger partial charge < -0.3 is 10.2 Å². The zero-order chi connectivity index (χ0) is 14.5. The Morgan fingerprint density at radius 2 is 1.95 bits per heavy atom. The van der Waals surface area contributed by atoms with Gasteiger partial charge >= 0.3 is 0 Å². The van der Waals surface area contributed by atoms with Crippen molar-refractivity contribution in [1.29, 1.82) is 0 Å². The first-order valence-electron chi connectivity index (χ1n) is 8.52. The Balaban J connectivity index is 1.28. The van der Waals surface area contributed by atoms with Gasteiger partial charge in [-0.25, -0.2) is 0 Å². The summed E-state index contributed by atoms with van der Waals surface area (Å²) in [5, 5.41) is 3.73. The van der Waals surface area contributed by atoms with E-state index in [1.165, 1.54) is 74.7 Å². The largest absolute Gasteiger partial charge is 0.314 e. The molecule has 1 aliphatic heterocycles. The van der Waals surface area contributed by atoms with Crippen LogP contribution in [0.5, 0.6) is 0 Å². The minimum absolute atomic E-state index is 0.746. The van der Waals surface area contributed by atoms with E-state index >= 15 is 0 Å². The summed E-state index contributed by atoms with van der Waals surface area (Å²) in [4.78, 5) is 2.64. The second kappa shape index (κ2) is 7.75. The van der Waals surface area contributed by atoms with Gasteiger partial charge in [0.1, 0.15) is 0 Å². The van der Waals surface area contributed by atoms with Crippen molar-refractivity contribution in [2.45, 2.75) is 50.5 Å². The molecule has 2 nitrogen and oxygen atoms in total. The molecule has 1 saturated heterocycles. The van der Waals surface area contributed by atoms with Crippen LogP contribution in [0.3, 0.4) is 0 Å². The maximum Gasteiger partial charge on any atom is 0.0178 e. The number of piperidine rings is 1. The standard InChI is InChI=1S/C18H27BrN2/c19-17-7-4-6-15(12-17)16-13-18(14-16)20-8-5-11-21-9-2-1-3-10-21/h4,6-7,12,16,18,20H,1-3,5,8-11,13-14H2. The quantitative estimate of drug-likeness (QED) is 0.774. The van der Waals surface area contributed by atoms with Gasteiger partial charge in [0.2, 0.25) is 0 Å². The molecule has 0 bridgehead atoms. The molecular weight excluding hydrogens is 324 g/mol. The van der Waals surface area contributed by atoms with Crippen LogP contribution in [0.15, 0.2) is 28.7 Å². The van der Waals surface area contributed by atoms with E-state index in [2.05, 4.69) is 50.4 Å². The molecule has 2 aliphatic rings. The van der Waals surface area contributed by atoms with Gasteiger partial charge in [0.25, 0.3) is 0 Å². The SMILES string of the molecule is Brc1cccc(C2CC(NCCCN3CCCCC3)C2)c1. The summed E-state index contributed by atoms with van der Waals surface area (Å²) >= 11 is 3.57. The van der Waals surface area contributed by atoms with Crippen molar-refractivity contribution in [2.75, 3.05) is 26.2 Å². The van der Waals surface area contributed by atoms with Crippen LogP contribution < -0.4 is 5.32 Å². The lowest BCUT2D eigenvalue weighted by molar-refractivity contribution is 0.220. The third-order valence-corrected chi connectivity index (χ3v) is 5.48. The van der Waals surface area contributed by atoms with Crippen LogP contribution in [0.1, 0.15) is 50.0 Å². The number of halogens is 1. The van der Waals surface area contributed by atoms with Crippen LogP contribution in [0.25, 0.3) is 0 Å². The minimum atomic E-state index is 0.746. The van der Waals surface area contributed by atoms with Gasteiger partial charge in [-0.15, -0.1) is 0 Å². The molecule has 1 saturated carbocycles. The molecule has 1 aromatic carbocycles. The summed E-state index contributed by atoms with van der Waals surface area (Å²) in [6.07, 6.45) is 8.17. The average Bonchev–Trinajstić information content (AvgIpc) is 2.46. The number of likely N-dealkylation sites (tertiary alicyclic amines) is 1. The van der Waals surface area contributed by atoms with Gasteiger partial charge in [-0.05, 0) is 81.9 Å². The Morgan fingerprint density at radius 1 is 1.14 bits per heavy atom. The van der Waals surface area contributed by atoms with E-state index in [1.54, 1.807) is 0 Å². The summed E-state index contributed by atoms with van der Waals surface area (Å²) in [5.41, 5.74) is 1.50. The smallest absolute Gasteiger partial charge is 0.0178 e. The van der Waals surface area contributed by atoms with Crippen LogP contribution in [0.2, 0.25) is 0 Å². The number of hydrogen-bond acceptors (Lipinski definition) is 2. The molecule has 1 aromatic rings. The van der Waals surface area contributed by atoms with Crippen molar-refractivity contribution in [2.24, 2.45) is 0 Å². The molecule has 1 aliphatic carbocycles. The van der Waals surface area contributed by atoms with Crippen LogP contribution in [-0.4, -0.2) is 37.1 Å². The van der Waals surface area contributed by atoms with Crippen molar-refractivity contribution in [1.82, 2.24) is 10.2 Å². The lowest BCUT2D eigenvalue weighted by Crippen LogP contribution is -2.41. The van der Waals surface area contributed by atoms with E-state index in [0.29, 0.717) is 0 Å². The molecule has 1 heterocycles. The fraction of sp³-hybridized carbons (Fsp3) is 0.667. The zero-order valence-corrected chi connectivity index (χ0v) is 14.4. The van der Waals surface area contributed by atoms with E-state index < -0.39 is 0 Å². The Kier molecular flexibility index (Phi) is 5.73. The molecule has 0 amide bonds. The molecule has 116 valence electrons. The number of benzene rings is 1. The minimum Gasteiger partial charge on any atom is -0.314 e. The van der Waals surface area contributed by atoms with E-state index in [1.807, 2.05) is 0 Å². The van der Waals surface area contributed by atoms with E-state index in [9.17, 15) is 0 Å². The molecule has 0 unspecified atom stereocenters. The topological polar surface area (TPSA) is 15.3 Å². The van der Waals surface area contributed by atoms with Gasteiger partial charge in [0, 0.05) is 10.5 Å². The molecule has 0 aromatic heterocycles. The molecule has 2 fully saturated rings.